The Kier molecular flexibility index (Phi) is 4.69. The predicted octanol–water partition coefficient (Wildman–Crippen LogP) is 2.65. The van der Waals surface area contributed by atoms with Gasteiger partial charge in [0.2, 0.25) is 5.88 Å². The first kappa shape index (κ1) is 14.8. The molecule has 1 aromatic heterocycles. The van der Waals surface area contributed by atoms with E-state index in [2.05, 4.69) is 15.5 Å². The van der Waals surface area contributed by atoms with Crippen molar-refractivity contribution in [2.24, 2.45) is 0 Å². The van der Waals surface area contributed by atoms with Crippen LogP contribution < -0.4 is 10.1 Å². The SMILES string of the molecule is CCOc1ccc(C(=O)Nc2cc(Cl)ccc2C#N)nn1. The van der Waals surface area contributed by atoms with Gasteiger partial charge in [-0.2, -0.15) is 5.26 Å². The van der Waals surface area contributed by atoms with Gasteiger partial charge in [-0.25, -0.2) is 0 Å². The number of halogens is 1. The molecule has 0 bridgehead atoms. The summed E-state index contributed by atoms with van der Waals surface area (Å²) < 4.78 is 5.15. The number of carbonyl (C=O) groups is 1. The highest BCUT2D eigenvalue weighted by molar-refractivity contribution is 6.31. The van der Waals surface area contributed by atoms with Crippen molar-refractivity contribution in [3.8, 4) is 11.9 Å². The number of aromatic nitrogens is 2. The number of amides is 1. The molecule has 0 atom stereocenters. The zero-order valence-electron chi connectivity index (χ0n) is 11.1. The zero-order valence-corrected chi connectivity index (χ0v) is 11.9. The number of nitrogens with one attached hydrogen (secondary N) is 1. The molecule has 0 unspecified atom stereocenters. The molecule has 2 aromatic rings. The molecule has 0 radical (unpaired) electrons. The van der Waals surface area contributed by atoms with Crippen LogP contribution in [0.15, 0.2) is 30.3 Å². The van der Waals surface area contributed by atoms with Crippen molar-refractivity contribution >= 4 is 23.2 Å². The largest absolute Gasteiger partial charge is 0.477 e. The Morgan fingerprint density at radius 2 is 2.19 bits per heavy atom. The monoisotopic (exact) mass is 302 g/mol. The number of ether oxygens (including phenoxy) is 1. The van der Waals surface area contributed by atoms with Crippen molar-refractivity contribution in [3.05, 3.63) is 46.6 Å². The van der Waals surface area contributed by atoms with Gasteiger partial charge in [-0.05, 0) is 31.2 Å². The number of nitrogens with zero attached hydrogens (tertiary/aromatic N) is 3. The minimum Gasteiger partial charge on any atom is -0.477 e. The molecular weight excluding hydrogens is 292 g/mol. The van der Waals surface area contributed by atoms with Crippen LogP contribution in [0.4, 0.5) is 5.69 Å². The van der Waals surface area contributed by atoms with Crippen molar-refractivity contribution in [2.75, 3.05) is 11.9 Å². The van der Waals surface area contributed by atoms with Crippen LogP contribution in [0.25, 0.3) is 0 Å². The summed E-state index contributed by atoms with van der Waals surface area (Å²) in [5.41, 5.74) is 0.750. The first-order valence-electron chi connectivity index (χ1n) is 6.11. The highest BCUT2D eigenvalue weighted by Gasteiger charge is 2.12. The summed E-state index contributed by atoms with van der Waals surface area (Å²) in [6.07, 6.45) is 0. The fourth-order valence-electron chi connectivity index (χ4n) is 1.57. The molecule has 1 aromatic carbocycles. The molecule has 6 nitrogen and oxygen atoms in total. The number of carbonyl (C=O) groups excluding carboxylic acids is 1. The molecule has 0 saturated carbocycles. The maximum atomic E-state index is 12.1. The highest BCUT2D eigenvalue weighted by Crippen LogP contribution is 2.21. The number of nitriles is 1. The Morgan fingerprint density at radius 1 is 1.38 bits per heavy atom. The van der Waals surface area contributed by atoms with Gasteiger partial charge in [-0.15, -0.1) is 10.2 Å². The van der Waals surface area contributed by atoms with E-state index < -0.39 is 5.91 Å². The zero-order chi connectivity index (χ0) is 15.2. The van der Waals surface area contributed by atoms with Crippen LogP contribution in [0.3, 0.4) is 0 Å². The van der Waals surface area contributed by atoms with E-state index in [4.69, 9.17) is 21.6 Å². The lowest BCUT2D eigenvalue weighted by atomic mass is 10.2. The Balaban J connectivity index is 2.18. The molecule has 7 heteroatoms. The van der Waals surface area contributed by atoms with Gasteiger partial charge in [0.25, 0.3) is 5.91 Å². The molecule has 1 amide bonds. The second-order valence-corrected chi connectivity index (χ2v) is 4.38. The summed E-state index contributed by atoms with van der Waals surface area (Å²) in [6, 6.07) is 9.62. The first-order valence-corrected chi connectivity index (χ1v) is 6.49. The number of anilines is 1. The lowest BCUT2D eigenvalue weighted by molar-refractivity contribution is 0.102. The van der Waals surface area contributed by atoms with Crippen LogP contribution in [0, 0.1) is 11.3 Å². The topological polar surface area (TPSA) is 87.9 Å². The van der Waals surface area contributed by atoms with Crippen molar-refractivity contribution < 1.29 is 9.53 Å². The maximum absolute atomic E-state index is 12.1. The lowest BCUT2D eigenvalue weighted by Gasteiger charge is -2.07. The number of rotatable bonds is 4. The van der Waals surface area contributed by atoms with Gasteiger partial charge in [0.05, 0.1) is 17.9 Å². The fraction of sp³-hybridized carbons (Fsp3) is 0.143. The average molecular weight is 303 g/mol. The van der Waals surface area contributed by atoms with E-state index in [9.17, 15) is 4.79 Å². The second-order valence-electron chi connectivity index (χ2n) is 3.95. The molecule has 0 spiro atoms. The summed E-state index contributed by atoms with van der Waals surface area (Å²) in [7, 11) is 0. The van der Waals surface area contributed by atoms with E-state index in [0.29, 0.717) is 28.8 Å². The van der Waals surface area contributed by atoms with E-state index >= 15 is 0 Å². The number of hydrogen-bond acceptors (Lipinski definition) is 5. The van der Waals surface area contributed by atoms with Crippen LogP contribution in [0.1, 0.15) is 23.0 Å². The third kappa shape index (κ3) is 3.68. The van der Waals surface area contributed by atoms with E-state index in [1.54, 1.807) is 12.1 Å². The molecule has 0 aliphatic carbocycles. The minimum absolute atomic E-state index is 0.113. The molecule has 0 aliphatic rings. The smallest absolute Gasteiger partial charge is 0.276 e. The summed E-state index contributed by atoms with van der Waals surface area (Å²) in [4.78, 5) is 12.1. The van der Waals surface area contributed by atoms with E-state index in [1.165, 1.54) is 18.2 Å². The van der Waals surface area contributed by atoms with Crippen molar-refractivity contribution in [1.29, 1.82) is 5.26 Å². The molecule has 21 heavy (non-hydrogen) atoms. The molecule has 2 rings (SSSR count). The van der Waals surface area contributed by atoms with Gasteiger partial charge >= 0.3 is 0 Å². The number of benzene rings is 1. The van der Waals surface area contributed by atoms with E-state index in [0.717, 1.165) is 0 Å². The van der Waals surface area contributed by atoms with Crippen LogP contribution >= 0.6 is 11.6 Å². The summed E-state index contributed by atoms with van der Waals surface area (Å²) in [6.45, 7) is 2.29. The Hall–Kier alpha value is -2.65. The fourth-order valence-corrected chi connectivity index (χ4v) is 1.74. The summed E-state index contributed by atoms with van der Waals surface area (Å²) in [5, 5.41) is 19.5. The van der Waals surface area contributed by atoms with Crippen molar-refractivity contribution in [3.63, 3.8) is 0 Å². The molecule has 0 aliphatic heterocycles. The van der Waals surface area contributed by atoms with Gasteiger partial charge in [-0.1, -0.05) is 11.6 Å². The quantitative estimate of drug-likeness (QED) is 0.938. The molecular formula is C14H11ClN4O2. The molecule has 0 saturated heterocycles. The average Bonchev–Trinajstić information content (AvgIpc) is 2.48. The summed E-state index contributed by atoms with van der Waals surface area (Å²) in [5.74, 6) is -0.140. The second kappa shape index (κ2) is 6.68. The Morgan fingerprint density at radius 3 is 2.81 bits per heavy atom. The van der Waals surface area contributed by atoms with Gasteiger partial charge in [0.15, 0.2) is 5.69 Å². The molecule has 0 fully saturated rings. The summed E-state index contributed by atoms with van der Waals surface area (Å²) >= 11 is 5.85. The highest BCUT2D eigenvalue weighted by atomic mass is 35.5. The predicted molar refractivity (Wildman–Crippen MR) is 77.3 cm³/mol. The van der Waals surface area contributed by atoms with Crippen molar-refractivity contribution in [1.82, 2.24) is 10.2 Å². The number of hydrogen-bond donors (Lipinski definition) is 1. The third-order valence-electron chi connectivity index (χ3n) is 2.52. The van der Waals surface area contributed by atoms with E-state index in [-0.39, 0.29) is 5.69 Å². The standard InChI is InChI=1S/C14H11ClN4O2/c1-2-21-13-6-5-11(18-19-13)14(20)17-12-7-10(15)4-3-9(12)8-16/h3-7H,2H2,1H3,(H,17,20). The van der Waals surface area contributed by atoms with Crippen LogP contribution in [-0.2, 0) is 0 Å². The molecule has 106 valence electrons. The lowest BCUT2D eigenvalue weighted by Crippen LogP contribution is -2.15. The van der Waals surface area contributed by atoms with E-state index in [1.807, 2.05) is 13.0 Å². The molecule has 1 N–H and O–H groups in total. The van der Waals surface area contributed by atoms with Gasteiger partial charge < -0.3 is 10.1 Å². The maximum Gasteiger partial charge on any atom is 0.276 e. The van der Waals surface area contributed by atoms with Crippen molar-refractivity contribution in [2.45, 2.75) is 6.92 Å². The van der Waals surface area contributed by atoms with Gasteiger partial charge in [0.1, 0.15) is 6.07 Å². The third-order valence-corrected chi connectivity index (χ3v) is 2.75. The normalized spacial score (nSPS) is 9.76. The van der Waals surface area contributed by atoms with Crippen LogP contribution in [0.5, 0.6) is 5.88 Å². The first-order chi connectivity index (χ1) is 10.1. The minimum atomic E-state index is -0.482. The van der Waals surface area contributed by atoms with Gasteiger partial charge in [0, 0.05) is 11.1 Å². The molecule has 1 heterocycles. The van der Waals surface area contributed by atoms with Gasteiger partial charge in [-0.3, -0.25) is 4.79 Å². The van der Waals surface area contributed by atoms with Crippen LogP contribution in [0.2, 0.25) is 5.02 Å². The Bertz CT molecular complexity index is 695. The Labute approximate surface area is 126 Å². The van der Waals surface area contributed by atoms with Crippen LogP contribution in [-0.4, -0.2) is 22.7 Å².